The van der Waals surface area contributed by atoms with Crippen LogP contribution in [0.1, 0.15) is 24.5 Å². The normalized spacial score (nSPS) is 20.4. The van der Waals surface area contributed by atoms with Crippen LogP contribution in [0.15, 0.2) is 37.1 Å². The third-order valence-electron chi connectivity index (χ3n) is 3.28. The van der Waals surface area contributed by atoms with Crippen LogP contribution in [-0.4, -0.2) is 27.6 Å². The highest BCUT2D eigenvalue weighted by Crippen LogP contribution is 2.22. The van der Waals surface area contributed by atoms with E-state index in [2.05, 4.69) is 21.4 Å². The van der Waals surface area contributed by atoms with Crippen LogP contribution >= 0.6 is 0 Å². The van der Waals surface area contributed by atoms with E-state index in [1.54, 1.807) is 6.20 Å². The third-order valence-corrected chi connectivity index (χ3v) is 3.28. The first-order valence-electron chi connectivity index (χ1n) is 6.08. The number of rotatable bonds is 2. The molecule has 0 spiro atoms. The van der Waals surface area contributed by atoms with Gasteiger partial charge in [-0.15, -0.1) is 0 Å². The maximum absolute atomic E-state index is 4.50. The molecule has 17 heavy (non-hydrogen) atoms. The molecule has 0 bridgehead atoms. The second kappa shape index (κ2) is 4.67. The number of aromatic nitrogens is 3. The highest BCUT2D eigenvalue weighted by molar-refractivity contribution is 5.33. The maximum Gasteiger partial charge on any atom is 0.0991 e. The number of pyridine rings is 1. The van der Waals surface area contributed by atoms with Gasteiger partial charge in [0.15, 0.2) is 0 Å². The van der Waals surface area contributed by atoms with Crippen LogP contribution in [0.5, 0.6) is 0 Å². The Morgan fingerprint density at radius 3 is 3.12 bits per heavy atom. The van der Waals surface area contributed by atoms with Crippen molar-refractivity contribution in [2.24, 2.45) is 0 Å². The molecule has 2 aromatic heterocycles. The largest absolute Gasteiger partial charge is 0.316 e. The number of hydrogen-bond acceptors (Lipinski definition) is 3. The summed E-state index contributed by atoms with van der Waals surface area (Å²) in [5.74, 6) is 0.548. The lowest BCUT2D eigenvalue weighted by Crippen LogP contribution is -2.28. The molecule has 1 N–H and O–H groups in total. The van der Waals surface area contributed by atoms with Crippen LogP contribution in [0.25, 0.3) is 5.69 Å². The molecule has 1 aliphatic rings. The maximum atomic E-state index is 4.50. The fourth-order valence-corrected chi connectivity index (χ4v) is 2.34. The van der Waals surface area contributed by atoms with E-state index < -0.39 is 0 Å². The van der Waals surface area contributed by atoms with Gasteiger partial charge in [0.2, 0.25) is 0 Å². The van der Waals surface area contributed by atoms with E-state index >= 15 is 0 Å². The van der Waals surface area contributed by atoms with Crippen LogP contribution in [0, 0.1) is 0 Å². The quantitative estimate of drug-likeness (QED) is 0.851. The average molecular weight is 228 g/mol. The lowest BCUT2D eigenvalue weighted by atomic mass is 9.95. The standard InChI is InChI=1S/C13H16N4/c1-2-11(9-14-4-1)13-8-12(3-5-16-13)17-7-6-15-10-17/h3,5-8,10-11,14H,1-2,4,9H2. The van der Waals surface area contributed by atoms with Gasteiger partial charge in [-0.3, -0.25) is 4.98 Å². The SMILES string of the molecule is c1cn(-c2ccnc(C3CCCNC3)c2)cn1. The molecule has 1 fully saturated rings. The Hall–Kier alpha value is -1.68. The molecular formula is C13H16N4. The van der Waals surface area contributed by atoms with Gasteiger partial charge >= 0.3 is 0 Å². The van der Waals surface area contributed by atoms with E-state index in [-0.39, 0.29) is 0 Å². The lowest BCUT2D eigenvalue weighted by molar-refractivity contribution is 0.454. The Labute approximate surface area is 101 Å². The van der Waals surface area contributed by atoms with E-state index in [4.69, 9.17) is 0 Å². The van der Waals surface area contributed by atoms with Crippen molar-refractivity contribution in [3.63, 3.8) is 0 Å². The summed E-state index contributed by atoms with van der Waals surface area (Å²) < 4.78 is 2.02. The molecule has 3 heterocycles. The van der Waals surface area contributed by atoms with Crippen molar-refractivity contribution in [1.82, 2.24) is 19.9 Å². The summed E-state index contributed by atoms with van der Waals surface area (Å²) in [6.07, 6.45) is 9.92. The third kappa shape index (κ3) is 2.22. The fourth-order valence-electron chi connectivity index (χ4n) is 2.34. The zero-order valence-corrected chi connectivity index (χ0v) is 9.71. The van der Waals surface area contributed by atoms with Crippen LogP contribution in [0.2, 0.25) is 0 Å². The Morgan fingerprint density at radius 1 is 1.35 bits per heavy atom. The number of nitrogens with zero attached hydrogens (tertiary/aromatic N) is 3. The first kappa shape index (κ1) is 10.5. The van der Waals surface area contributed by atoms with Crippen molar-refractivity contribution in [2.75, 3.05) is 13.1 Å². The molecule has 2 aromatic rings. The van der Waals surface area contributed by atoms with Gasteiger partial charge in [-0.1, -0.05) is 0 Å². The number of hydrogen-bond donors (Lipinski definition) is 1. The summed E-state index contributed by atoms with van der Waals surface area (Å²) in [6.45, 7) is 2.18. The molecule has 1 aliphatic heterocycles. The topological polar surface area (TPSA) is 42.7 Å². The molecule has 4 heteroatoms. The Balaban J connectivity index is 1.88. The van der Waals surface area contributed by atoms with Gasteiger partial charge in [-0.25, -0.2) is 4.98 Å². The predicted octanol–water partition coefficient (Wildman–Crippen LogP) is 1.73. The molecule has 4 nitrogen and oxygen atoms in total. The Kier molecular flexibility index (Phi) is 2.88. The van der Waals surface area contributed by atoms with Crippen molar-refractivity contribution in [1.29, 1.82) is 0 Å². The van der Waals surface area contributed by atoms with Crippen molar-refractivity contribution >= 4 is 0 Å². The first-order chi connectivity index (χ1) is 8.43. The van der Waals surface area contributed by atoms with Crippen molar-refractivity contribution in [2.45, 2.75) is 18.8 Å². The van der Waals surface area contributed by atoms with Gasteiger partial charge in [-0.05, 0) is 31.5 Å². The minimum absolute atomic E-state index is 0.548. The van der Waals surface area contributed by atoms with E-state index in [1.165, 1.54) is 18.5 Å². The number of nitrogens with one attached hydrogen (secondary N) is 1. The van der Waals surface area contributed by atoms with E-state index in [1.807, 2.05) is 29.4 Å². The molecule has 1 atom stereocenters. The highest BCUT2D eigenvalue weighted by Gasteiger charge is 2.16. The van der Waals surface area contributed by atoms with Gasteiger partial charge in [0.25, 0.3) is 0 Å². The van der Waals surface area contributed by atoms with Gasteiger partial charge < -0.3 is 9.88 Å². The summed E-state index contributed by atoms with van der Waals surface area (Å²) in [5.41, 5.74) is 2.32. The molecule has 0 aliphatic carbocycles. The fraction of sp³-hybridized carbons (Fsp3) is 0.385. The minimum atomic E-state index is 0.548. The van der Waals surface area contributed by atoms with Gasteiger partial charge in [0.1, 0.15) is 0 Å². The van der Waals surface area contributed by atoms with Crippen LogP contribution in [-0.2, 0) is 0 Å². The zero-order valence-electron chi connectivity index (χ0n) is 9.71. The number of piperidine rings is 1. The van der Waals surface area contributed by atoms with Crippen molar-refractivity contribution < 1.29 is 0 Å². The molecule has 0 amide bonds. The molecule has 1 saturated heterocycles. The zero-order chi connectivity index (χ0) is 11.5. The number of imidazole rings is 1. The second-order valence-corrected chi connectivity index (χ2v) is 4.45. The second-order valence-electron chi connectivity index (χ2n) is 4.45. The van der Waals surface area contributed by atoms with E-state index in [0.29, 0.717) is 5.92 Å². The van der Waals surface area contributed by atoms with Gasteiger partial charge in [0.05, 0.1) is 6.33 Å². The highest BCUT2D eigenvalue weighted by atomic mass is 15.0. The monoisotopic (exact) mass is 228 g/mol. The molecule has 0 radical (unpaired) electrons. The summed E-state index contributed by atoms with van der Waals surface area (Å²) in [6, 6.07) is 4.18. The summed E-state index contributed by atoms with van der Waals surface area (Å²) in [4.78, 5) is 8.57. The van der Waals surface area contributed by atoms with E-state index in [0.717, 1.165) is 18.8 Å². The summed E-state index contributed by atoms with van der Waals surface area (Å²) in [5, 5.41) is 3.43. The summed E-state index contributed by atoms with van der Waals surface area (Å²) in [7, 11) is 0. The van der Waals surface area contributed by atoms with Crippen LogP contribution in [0.3, 0.4) is 0 Å². The van der Waals surface area contributed by atoms with Gasteiger partial charge in [-0.2, -0.15) is 0 Å². The predicted molar refractivity (Wildman–Crippen MR) is 66.2 cm³/mol. The summed E-state index contributed by atoms with van der Waals surface area (Å²) >= 11 is 0. The van der Waals surface area contributed by atoms with Gasteiger partial charge in [0, 0.05) is 42.4 Å². The molecule has 0 saturated carbocycles. The van der Waals surface area contributed by atoms with Crippen LogP contribution in [0.4, 0.5) is 0 Å². The Morgan fingerprint density at radius 2 is 2.35 bits per heavy atom. The molecule has 3 rings (SSSR count). The Bertz CT molecular complexity index is 472. The molecule has 1 unspecified atom stereocenters. The first-order valence-corrected chi connectivity index (χ1v) is 6.08. The smallest absolute Gasteiger partial charge is 0.0991 e. The average Bonchev–Trinajstić information content (AvgIpc) is 2.94. The minimum Gasteiger partial charge on any atom is -0.316 e. The molecule has 0 aromatic carbocycles. The molecule has 88 valence electrons. The van der Waals surface area contributed by atoms with Crippen molar-refractivity contribution in [3.8, 4) is 5.69 Å². The van der Waals surface area contributed by atoms with Crippen molar-refractivity contribution in [3.05, 3.63) is 42.7 Å². The molecular weight excluding hydrogens is 212 g/mol. The lowest BCUT2D eigenvalue weighted by Gasteiger charge is -2.22. The van der Waals surface area contributed by atoms with Crippen LogP contribution < -0.4 is 5.32 Å². The van der Waals surface area contributed by atoms with E-state index in [9.17, 15) is 0 Å².